The molecular formula is C22H32N2O4. The Bertz CT molecular complexity index is 763. The van der Waals surface area contributed by atoms with Gasteiger partial charge in [-0.3, -0.25) is 4.79 Å². The van der Waals surface area contributed by atoms with Crippen LogP contribution in [-0.4, -0.2) is 36.3 Å². The van der Waals surface area contributed by atoms with Crippen LogP contribution >= 0.6 is 0 Å². The van der Waals surface area contributed by atoms with Gasteiger partial charge in [-0.25, -0.2) is 4.79 Å². The van der Waals surface area contributed by atoms with Crippen LogP contribution in [0, 0.1) is 6.92 Å². The van der Waals surface area contributed by atoms with Crippen molar-refractivity contribution in [3.63, 3.8) is 0 Å². The van der Waals surface area contributed by atoms with E-state index in [0.29, 0.717) is 12.6 Å². The number of amides is 2. The number of hydrogen-bond acceptors (Lipinski definition) is 4. The van der Waals surface area contributed by atoms with E-state index in [9.17, 15) is 9.59 Å². The van der Waals surface area contributed by atoms with Crippen molar-refractivity contribution in [2.24, 2.45) is 0 Å². The van der Waals surface area contributed by atoms with Gasteiger partial charge in [0.2, 0.25) is 0 Å². The van der Waals surface area contributed by atoms with Crippen molar-refractivity contribution in [1.82, 2.24) is 10.6 Å². The average molecular weight is 389 g/mol. The van der Waals surface area contributed by atoms with Crippen LogP contribution in [0.1, 0.15) is 74.0 Å². The fraction of sp³-hybridized carbons (Fsp3) is 0.636. The molecule has 0 unspecified atom stereocenters. The highest BCUT2D eigenvalue weighted by Crippen LogP contribution is 2.35. The maximum atomic E-state index is 12.7. The zero-order valence-corrected chi connectivity index (χ0v) is 17.6. The lowest BCUT2D eigenvalue weighted by molar-refractivity contribution is 0.0493. The highest BCUT2D eigenvalue weighted by Gasteiger charge is 2.28. The minimum atomic E-state index is -0.537. The molecule has 0 bridgehead atoms. The van der Waals surface area contributed by atoms with E-state index < -0.39 is 11.7 Å². The second kappa shape index (κ2) is 8.02. The molecule has 28 heavy (non-hydrogen) atoms. The standard InChI is InChI=1S/C22H32N2O4/c1-13(23-21(26)28-22(3,4)5)12-27-19-11-18(20(25)24-15-9-10-15)17-8-6-7-16(17)14(19)2/h11,13,15H,6-10,12H2,1-5H3,(H,23,26)(H,24,25)/t13-/m0/s1. The molecular weight excluding hydrogens is 356 g/mol. The lowest BCUT2D eigenvalue weighted by Crippen LogP contribution is -2.40. The number of fused-ring (bicyclic) bond motifs is 1. The zero-order valence-electron chi connectivity index (χ0n) is 17.6. The normalized spacial score (nSPS) is 16.9. The Morgan fingerprint density at radius 3 is 2.54 bits per heavy atom. The van der Waals surface area contributed by atoms with E-state index in [2.05, 4.69) is 10.6 Å². The van der Waals surface area contributed by atoms with Crippen molar-refractivity contribution in [1.29, 1.82) is 0 Å². The van der Waals surface area contributed by atoms with E-state index in [-0.39, 0.29) is 11.9 Å². The molecule has 6 heteroatoms. The summed E-state index contributed by atoms with van der Waals surface area (Å²) >= 11 is 0. The Hall–Kier alpha value is -2.24. The summed E-state index contributed by atoms with van der Waals surface area (Å²) in [5.74, 6) is 0.727. The summed E-state index contributed by atoms with van der Waals surface area (Å²) in [6.45, 7) is 9.71. The van der Waals surface area contributed by atoms with Crippen molar-refractivity contribution in [2.45, 2.75) is 84.4 Å². The van der Waals surface area contributed by atoms with E-state index >= 15 is 0 Å². The molecule has 1 saturated carbocycles. The smallest absolute Gasteiger partial charge is 0.407 e. The zero-order chi connectivity index (χ0) is 20.5. The van der Waals surface area contributed by atoms with Crippen molar-refractivity contribution >= 4 is 12.0 Å². The lowest BCUT2D eigenvalue weighted by atomic mass is 9.97. The van der Waals surface area contributed by atoms with Crippen molar-refractivity contribution < 1.29 is 19.1 Å². The van der Waals surface area contributed by atoms with E-state index in [1.54, 1.807) is 0 Å². The molecule has 1 fully saturated rings. The first-order chi connectivity index (χ1) is 13.1. The molecule has 0 radical (unpaired) electrons. The van der Waals surface area contributed by atoms with Gasteiger partial charge >= 0.3 is 6.09 Å². The van der Waals surface area contributed by atoms with Crippen LogP contribution in [-0.2, 0) is 17.6 Å². The van der Waals surface area contributed by atoms with Crippen molar-refractivity contribution in [3.8, 4) is 5.75 Å². The SMILES string of the molecule is Cc1c(OC[C@H](C)NC(=O)OC(C)(C)C)cc(C(=O)NC2CC2)c2c1CCC2. The third-order valence-electron chi connectivity index (χ3n) is 5.05. The fourth-order valence-corrected chi connectivity index (χ4v) is 3.54. The van der Waals surface area contributed by atoms with Gasteiger partial charge in [-0.05, 0) is 89.5 Å². The number of ether oxygens (including phenoxy) is 2. The minimum absolute atomic E-state index is 0.00503. The molecule has 0 spiro atoms. The molecule has 2 aliphatic carbocycles. The highest BCUT2D eigenvalue weighted by atomic mass is 16.6. The van der Waals surface area contributed by atoms with Crippen LogP contribution in [0.2, 0.25) is 0 Å². The van der Waals surface area contributed by atoms with Gasteiger partial charge in [0.1, 0.15) is 18.0 Å². The number of rotatable bonds is 6. The quantitative estimate of drug-likeness (QED) is 0.780. The Labute approximate surface area is 167 Å². The Balaban J connectivity index is 1.68. The summed E-state index contributed by atoms with van der Waals surface area (Å²) in [6, 6.07) is 1.98. The van der Waals surface area contributed by atoms with Crippen LogP contribution < -0.4 is 15.4 Å². The number of alkyl carbamates (subject to hydrolysis) is 1. The molecule has 0 heterocycles. The largest absolute Gasteiger partial charge is 0.491 e. The molecule has 2 N–H and O–H groups in total. The Kier molecular flexibility index (Phi) is 5.87. The molecule has 2 aliphatic rings. The Morgan fingerprint density at radius 1 is 1.21 bits per heavy atom. The molecule has 1 aromatic rings. The first-order valence-electron chi connectivity index (χ1n) is 10.2. The molecule has 3 rings (SSSR count). The third kappa shape index (κ3) is 5.18. The predicted octanol–water partition coefficient (Wildman–Crippen LogP) is 3.67. The highest BCUT2D eigenvalue weighted by molar-refractivity contribution is 5.97. The van der Waals surface area contributed by atoms with Gasteiger partial charge in [-0.15, -0.1) is 0 Å². The lowest BCUT2D eigenvalue weighted by Gasteiger charge is -2.22. The van der Waals surface area contributed by atoms with Gasteiger partial charge in [-0.1, -0.05) is 0 Å². The molecule has 2 amide bonds. The van der Waals surface area contributed by atoms with Crippen LogP contribution in [0.15, 0.2) is 6.07 Å². The summed E-state index contributed by atoms with van der Waals surface area (Å²) in [6.07, 6.45) is 4.67. The van der Waals surface area contributed by atoms with Gasteiger partial charge in [0, 0.05) is 11.6 Å². The molecule has 0 saturated heterocycles. The topological polar surface area (TPSA) is 76.7 Å². The molecule has 154 valence electrons. The van der Waals surface area contributed by atoms with Gasteiger partial charge in [-0.2, -0.15) is 0 Å². The van der Waals surface area contributed by atoms with Crippen molar-refractivity contribution in [3.05, 3.63) is 28.3 Å². The van der Waals surface area contributed by atoms with Gasteiger partial charge in [0.15, 0.2) is 0 Å². The Morgan fingerprint density at radius 2 is 1.89 bits per heavy atom. The van der Waals surface area contributed by atoms with E-state index in [1.165, 1.54) is 11.1 Å². The summed E-state index contributed by atoms with van der Waals surface area (Å²) < 4.78 is 11.3. The summed E-state index contributed by atoms with van der Waals surface area (Å²) in [5.41, 5.74) is 3.72. The molecule has 6 nitrogen and oxygen atoms in total. The van der Waals surface area contributed by atoms with Crippen LogP contribution in [0.25, 0.3) is 0 Å². The fourth-order valence-electron chi connectivity index (χ4n) is 3.54. The summed E-state index contributed by atoms with van der Waals surface area (Å²) in [7, 11) is 0. The van der Waals surface area contributed by atoms with E-state index in [0.717, 1.165) is 49.0 Å². The predicted molar refractivity (Wildman–Crippen MR) is 108 cm³/mol. The number of carbonyl (C=O) groups is 2. The van der Waals surface area contributed by atoms with Gasteiger partial charge in [0.05, 0.1) is 6.04 Å². The molecule has 0 aliphatic heterocycles. The summed E-state index contributed by atoms with van der Waals surface area (Å²) in [5, 5.41) is 5.88. The second-order valence-corrected chi connectivity index (χ2v) is 8.96. The van der Waals surface area contributed by atoms with Gasteiger partial charge < -0.3 is 20.1 Å². The molecule has 0 aromatic heterocycles. The second-order valence-electron chi connectivity index (χ2n) is 8.96. The van der Waals surface area contributed by atoms with E-state index in [4.69, 9.17) is 9.47 Å². The molecule has 1 atom stereocenters. The first kappa shape index (κ1) is 20.5. The first-order valence-corrected chi connectivity index (χ1v) is 10.2. The third-order valence-corrected chi connectivity index (χ3v) is 5.05. The van der Waals surface area contributed by atoms with Crippen LogP contribution in [0.3, 0.4) is 0 Å². The van der Waals surface area contributed by atoms with Crippen LogP contribution in [0.5, 0.6) is 5.75 Å². The monoisotopic (exact) mass is 388 g/mol. The number of benzene rings is 1. The van der Waals surface area contributed by atoms with E-state index in [1.807, 2.05) is 40.7 Å². The average Bonchev–Trinajstić information content (AvgIpc) is 3.24. The van der Waals surface area contributed by atoms with Gasteiger partial charge in [0.25, 0.3) is 5.91 Å². The summed E-state index contributed by atoms with van der Waals surface area (Å²) in [4.78, 5) is 24.6. The number of hydrogen-bond donors (Lipinski definition) is 2. The maximum absolute atomic E-state index is 12.7. The van der Waals surface area contributed by atoms with Crippen LogP contribution in [0.4, 0.5) is 4.79 Å². The number of nitrogens with one attached hydrogen (secondary N) is 2. The minimum Gasteiger partial charge on any atom is -0.491 e. The number of carbonyl (C=O) groups excluding carboxylic acids is 2. The maximum Gasteiger partial charge on any atom is 0.407 e. The van der Waals surface area contributed by atoms with Crippen molar-refractivity contribution in [2.75, 3.05) is 6.61 Å². The molecule has 1 aromatic carbocycles.